The van der Waals surface area contributed by atoms with Crippen molar-refractivity contribution in [2.24, 2.45) is 0 Å². The molecule has 3 rings (SSSR count). The molecule has 0 saturated heterocycles. The number of hydrogen-bond donors (Lipinski definition) is 1. The maximum Gasteiger partial charge on any atom is 0.342 e. The third-order valence-electron chi connectivity index (χ3n) is 4.33. The minimum atomic E-state index is -3.76. The zero-order valence-corrected chi connectivity index (χ0v) is 17.3. The predicted octanol–water partition coefficient (Wildman–Crippen LogP) is 4.72. The molecule has 0 amide bonds. The van der Waals surface area contributed by atoms with Gasteiger partial charge in [0, 0.05) is 5.39 Å². The lowest BCUT2D eigenvalue weighted by Crippen LogP contribution is -2.14. The van der Waals surface area contributed by atoms with Gasteiger partial charge in [0.15, 0.2) is 0 Å². The highest BCUT2D eigenvalue weighted by Crippen LogP contribution is 2.32. The number of furan rings is 1. The summed E-state index contributed by atoms with van der Waals surface area (Å²) >= 11 is 0. The molecule has 0 radical (unpaired) electrons. The molecule has 0 fully saturated rings. The molecule has 28 heavy (non-hydrogen) atoms. The van der Waals surface area contributed by atoms with Crippen LogP contribution >= 0.6 is 0 Å². The second-order valence-electron chi connectivity index (χ2n) is 7.07. The second kappa shape index (κ2) is 7.31. The third kappa shape index (κ3) is 3.89. The van der Waals surface area contributed by atoms with Gasteiger partial charge in [0.1, 0.15) is 16.9 Å². The summed E-state index contributed by atoms with van der Waals surface area (Å²) in [6, 6.07) is 9.91. The van der Waals surface area contributed by atoms with Gasteiger partial charge in [0.2, 0.25) is 0 Å². The van der Waals surface area contributed by atoms with E-state index in [0.29, 0.717) is 33.5 Å². The van der Waals surface area contributed by atoms with Crippen LogP contribution in [0.3, 0.4) is 0 Å². The number of hydrogen-bond acceptors (Lipinski definition) is 5. The highest BCUT2D eigenvalue weighted by Gasteiger charge is 2.23. The summed E-state index contributed by atoms with van der Waals surface area (Å²) < 4.78 is 39.1. The number of fused-ring (bicyclic) bond motifs is 1. The zero-order valence-electron chi connectivity index (χ0n) is 16.5. The van der Waals surface area contributed by atoms with Gasteiger partial charge in [0.05, 0.1) is 16.7 Å². The van der Waals surface area contributed by atoms with E-state index in [-0.39, 0.29) is 11.0 Å². The van der Waals surface area contributed by atoms with Gasteiger partial charge in [-0.15, -0.1) is 0 Å². The van der Waals surface area contributed by atoms with Crippen molar-refractivity contribution in [1.82, 2.24) is 0 Å². The molecule has 0 atom stereocenters. The lowest BCUT2D eigenvalue weighted by Gasteiger charge is -2.12. The lowest BCUT2D eigenvalue weighted by molar-refractivity contribution is 0.0378. The van der Waals surface area contributed by atoms with E-state index >= 15 is 0 Å². The molecule has 2 aromatic carbocycles. The number of esters is 1. The summed E-state index contributed by atoms with van der Waals surface area (Å²) in [6.07, 6.45) is -0.276. The number of ether oxygens (including phenoxy) is 1. The summed E-state index contributed by atoms with van der Waals surface area (Å²) in [4.78, 5) is 12.6. The molecule has 1 heterocycles. The van der Waals surface area contributed by atoms with E-state index in [2.05, 4.69) is 4.72 Å². The summed E-state index contributed by atoms with van der Waals surface area (Å²) in [6.45, 7) is 8.88. The van der Waals surface area contributed by atoms with Crippen molar-refractivity contribution in [3.63, 3.8) is 0 Å². The van der Waals surface area contributed by atoms with Gasteiger partial charge in [-0.1, -0.05) is 17.7 Å². The molecule has 0 bridgehead atoms. The highest BCUT2D eigenvalue weighted by molar-refractivity contribution is 7.92. The first-order valence-electron chi connectivity index (χ1n) is 8.92. The first kappa shape index (κ1) is 19.9. The SMILES string of the molecule is Cc1ccc(S(=O)(=O)Nc2cc3c(C(=O)OC(C)C)c(C)oc3cc2C)cc1. The van der Waals surface area contributed by atoms with E-state index in [1.807, 2.05) is 6.92 Å². The molecule has 1 N–H and O–H groups in total. The number of aryl methyl sites for hydroxylation is 3. The van der Waals surface area contributed by atoms with Crippen molar-refractivity contribution >= 4 is 32.6 Å². The Morgan fingerprint density at radius 1 is 1.07 bits per heavy atom. The van der Waals surface area contributed by atoms with Gasteiger partial charge in [-0.25, -0.2) is 13.2 Å². The van der Waals surface area contributed by atoms with Crippen molar-refractivity contribution in [2.75, 3.05) is 4.72 Å². The van der Waals surface area contributed by atoms with Gasteiger partial charge in [-0.3, -0.25) is 4.72 Å². The fraction of sp³-hybridized carbons (Fsp3) is 0.286. The van der Waals surface area contributed by atoms with Gasteiger partial charge < -0.3 is 9.15 Å². The van der Waals surface area contributed by atoms with Crippen molar-refractivity contribution in [2.45, 2.75) is 45.6 Å². The summed E-state index contributed by atoms with van der Waals surface area (Å²) in [7, 11) is -3.76. The molecule has 0 aliphatic carbocycles. The largest absolute Gasteiger partial charge is 0.460 e. The van der Waals surface area contributed by atoms with E-state index in [1.54, 1.807) is 64.1 Å². The topological polar surface area (TPSA) is 85.6 Å². The molecule has 6 nitrogen and oxygen atoms in total. The molecule has 7 heteroatoms. The van der Waals surface area contributed by atoms with Crippen LogP contribution in [0.1, 0.15) is 41.1 Å². The van der Waals surface area contributed by atoms with E-state index in [0.717, 1.165) is 5.56 Å². The highest BCUT2D eigenvalue weighted by atomic mass is 32.2. The predicted molar refractivity (Wildman–Crippen MR) is 108 cm³/mol. The molecule has 148 valence electrons. The Labute approximate surface area is 164 Å². The van der Waals surface area contributed by atoms with Crippen molar-refractivity contribution < 1.29 is 22.4 Å². The van der Waals surface area contributed by atoms with Crippen molar-refractivity contribution in [3.8, 4) is 0 Å². The van der Waals surface area contributed by atoms with Crippen LogP contribution in [-0.4, -0.2) is 20.5 Å². The van der Waals surface area contributed by atoms with Gasteiger partial charge in [0.25, 0.3) is 10.0 Å². The molecule has 3 aromatic rings. The number of carbonyl (C=O) groups excluding carboxylic acids is 1. The van der Waals surface area contributed by atoms with Crippen LogP contribution in [0.4, 0.5) is 5.69 Å². The monoisotopic (exact) mass is 401 g/mol. The first-order chi connectivity index (χ1) is 13.1. The van der Waals surface area contributed by atoms with Gasteiger partial charge in [-0.05, 0) is 64.4 Å². The Morgan fingerprint density at radius 2 is 1.71 bits per heavy atom. The first-order valence-corrected chi connectivity index (χ1v) is 10.4. The summed E-state index contributed by atoms with van der Waals surface area (Å²) in [5.41, 5.74) is 2.84. The quantitative estimate of drug-likeness (QED) is 0.625. The standard InChI is InChI=1S/C21H23NO5S/c1-12(2)26-21(23)20-15(5)27-19-10-14(4)18(11-17(19)20)22-28(24,25)16-8-6-13(3)7-9-16/h6-12,22H,1-5H3. The van der Waals surface area contributed by atoms with E-state index in [9.17, 15) is 13.2 Å². The van der Waals surface area contributed by atoms with E-state index in [4.69, 9.17) is 9.15 Å². The van der Waals surface area contributed by atoms with Gasteiger partial charge in [-0.2, -0.15) is 0 Å². The second-order valence-corrected chi connectivity index (χ2v) is 8.75. The molecule has 0 aliphatic heterocycles. The number of sulfonamides is 1. The molecule has 0 saturated carbocycles. The maximum atomic E-state index is 12.7. The Morgan fingerprint density at radius 3 is 2.32 bits per heavy atom. The van der Waals surface area contributed by atoms with Crippen LogP contribution in [0.15, 0.2) is 45.7 Å². The average molecular weight is 401 g/mol. The van der Waals surface area contributed by atoms with Gasteiger partial charge >= 0.3 is 5.97 Å². The number of nitrogens with one attached hydrogen (secondary N) is 1. The zero-order chi connectivity index (χ0) is 20.6. The van der Waals surface area contributed by atoms with Crippen LogP contribution in [0, 0.1) is 20.8 Å². The maximum absolute atomic E-state index is 12.7. The summed E-state index contributed by atoms with van der Waals surface area (Å²) in [5, 5.41) is 0.510. The summed E-state index contributed by atoms with van der Waals surface area (Å²) in [5.74, 6) is -0.0685. The number of benzene rings is 2. The Balaban J connectivity index is 2.05. The normalized spacial score (nSPS) is 11.8. The minimum absolute atomic E-state index is 0.167. The van der Waals surface area contributed by atoms with Crippen molar-refractivity contribution in [3.05, 3.63) is 58.8 Å². The van der Waals surface area contributed by atoms with E-state index in [1.165, 1.54) is 0 Å². The molecule has 0 spiro atoms. The van der Waals surface area contributed by atoms with Crippen molar-refractivity contribution in [1.29, 1.82) is 0 Å². The van der Waals surface area contributed by atoms with Crippen LogP contribution in [0.25, 0.3) is 11.0 Å². The van der Waals surface area contributed by atoms with Crippen LogP contribution in [-0.2, 0) is 14.8 Å². The lowest BCUT2D eigenvalue weighted by atomic mass is 10.1. The number of anilines is 1. The fourth-order valence-corrected chi connectivity index (χ4v) is 4.05. The molecule has 0 aliphatic rings. The molecule has 0 unspecified atom stereocenters. The Bertz CT molecular complexity index is 1140. The van der Waals surface area contributed by atoms with Crippen LogP contribution < -0.4 is 4.72 Å². The fourth-order valence-electron chi connectivity index (χ4n) is 2.92. The third-order valence-corrected chi connectivity index (χ3v) is 5.71. The number of rotatable bonds is 5. The Kier molecular flexibility index (Phi) is 5.21. The average Bonchev–Trinajstić information content (AvgIpc) is 2.89. The Hall–Kier alpha value is -2.80. The van der Waals surface area contributed by atoms with Crippen LogP contribution in [0.2, 0.25) is 0 Å². The van der Waals surface area contributed by atoms with E-state index < -0.39 is 16.0 Å². The molecular weight excluding hydrogens is 378 g/mol. The molecule has 1 aromatic heterocycles. The number of carbonyl (C=O) groups is 1. The molecular formula is C21H23NO5S. The minimum Gasteiger partial charge on any atom is -0.460 e. The van der Waals surface area contributed by atoms with Crippen LogP contribution in [0.5, 0.6) is 0 Å². The smallest absolute Gasteiger partial charge is 0.342 e.